The molecule has 1 N–H and O–H groups in total. The molecule has 136 valence electrons. The molecule has 24 heavy (non-hydrogen) atoms. The zero-order valence-electron chi connectivity index (χ0n) is 13.6. The molecule has 0 bridgehead atoms. The second-order valence-corrected chi connectivity index (χ2v) is 6.90. The first-order valence-electron chi connectivity index (χ1n) is 7.39. The first-order valence-corrected chi connectivity index (χ1v) is 8.97. The average molecular weight is 367 g/mol. The molecule has 1 aromatic rings. The van der Waals surface area contributed by atoms with Crippen LogP contribution in [0.15, 0.2) is 18.2 Å². The largest absolute Gasteiger partial charge is 0.471 e. The number of alkyl halides is 3. The van der Waals surface area contributed by atoms with E-state index >= 15 is 0 Å². The number of hydrogen-bond donors (Lipinski definition) is 1. The van der Waals surface area contributed by atoms with E-state index < -0.39 is 34.1 Å². The predicted molar refractivity (Wildman–Crippen MR) is 84.0 cm³/mol. The van der Waals surface area contributed by atoms with Crippen molar-refractivity contribution in [2.24, 2.45) is 0 Å². The van der Waals surface area contributed by atoms with Crippen molar-refractivity contribution in [1.82, 2.24) is 0 Å². The van der Waals surface area contributed by atoms with Crippen LogP contribution in [-0.4, -0.2) is 26.6 Å². The Morgan fingerprint density at radius 1 is 1.25 bits per heavy atom. The Kier molecular flexibility index (Phi) is 6.79. The molecule has 1 amide bonds. The lowest BCUT2D eigenvalue weighted by molar-refractivity contribution is -0.167. The Morgan fingerprint density at radius 2 is 1.88 bits per heavy atom. The van der Waals surface area contributed by atoms with Gasteiger partial charge in [0.25, 0.3) is 10.1 Å². The van der Waals surface area contributed by atoms with Crippen molar-refractivity contribution in [3.63, 3.8) is 0 Å². The van der Waals surface area contributed by atoms with Crippen molar-refractivity contribution in [3.8, 4) is 0 Å². The Balaban J connectivity index is 3.05. The van der Waals surface area contributed by atoms with Crippen LogP contribution < -0.4 is 5.32 Å². The Morgan fingerprint density at radius 3 is 2.38 bits per heavy atom. The number of carbonyl (C=O) groups excluding carboxylic acids is 1. The van der Waals surface area contributed by atoms with E-state index in [9.17, 15) is 26.4 Å². The van der Waals surface area contributed by atoms with Gasteiger partial charge in [-0.3, -0.25) is 8.98 Å². The molecular weight excluding hydrogens is 347 g/mol. The molecule has 0 saturated carbocycles. The molecule has 0 aliphatic carbocycles. The molecule has 0 aliphatic heterocycles. The molecule has 9 heteroatoms. The van der Waals surface area contributed by atoms with E-state index in [1.165, 1.54) is 18.2 Å². The second-order valence-electron chi connectivity index (χ2n) is 5.31. The molecule has 0 saturated heterocycles. The third-order valence-corrected chi connectivity index (χ3v) is 4.61. The monoisotopic (exact) mass is 367 g/mol. The van der Waals surface area contributed by atoms with Crippen LogP contribution in [0, 0.1) is 0 Å². The van der Waals surface area contributed by atoms with Gasteiger partial charge in [-0.05, 0) is 43.0 Å². The summed E-state index contributed by atoms with van der Waals surface area (Å²) in [5.41, 5.74) is 0.820. The van der Waals surface area contributed by atoms with Crippen LogP contribution in [0.1, 0.15) is 38.3 Å². The number of aryl methyl sites for hydroxylation is 1. The fraction of sp³-hybridized carbons (Fsp3) is 0.533. The maximum Gasteiger partial charge on any atom is 0.471 e. The fourth-order valence-corrected chi connectivity index (χ4v) is 3.28. The summed E-state index contributed by atoms with van der Waals surface area (Å²) >= 11 is 0. The molecule has 1 rings (SSSR count). The maximum atomic E-state index is 12.3. The van der Waals surface area contributed by atoms with Gasteiger partial charge in [0.2, 0.25) is 0 Å². The van der Waals surface area contributed by atoms with Crippen LogP contribution in [0.2, 0.25) is 0 Å². The maximum absolute atomic E-state index is 12.3. The van der Waals surface area contributed by atoms with Crippen LogP contribution >= 0.6 is 0 Å². The molecule has 1 unspecified atom stereocenters. The second kappa shape index (κ2) is 7.98. The number of amides is 1. The molecule has 0 fully saturated rings. The lowest BCUT2D eigenvalue weighted by Gasteiger charge is -2.14. The highest BCUT2D eigenvalue weighted by Gasteiger charge is 2.38. The van der Waals surface area contributed by atoms with Gasteiger partial charge in [0.15, 0.2) is 0 Å². The van der Waals surface area contributed by atoms with Crippen molar-refractivity contribution in [3.05, 3.63) is 29.3 Å². The van der Waals surface area contributed by atoms with Crippen LogP contribution in [0.3, 0.4) is 0 Å². The number of benzene rings is 1. The van der Waals surface area contributed by atoms with E-state index in [0.29, 0.717) is 24.0 Å². The lowest BCUT2D eigenvalue weighted by Crippen LogP contribution is -2.30. The highest BCUT2D eigenvalue weighted by molar-refractivity contribution is 7.85. The number of carbonyl (C=O) groups is 1. The third kappa shape index (κ3) is 6.12. The van der Waals surface area contributed by atoms with E-state index in [4.69, 9.17) is 4.18 Å². The summed E-state index contributed by atoms with van der Waals surface area (Å²) in [5.74, 6) is -2.59. The van der Waals surface area contributed by atoms with Gasteiger partial charge < -0.3 is 5.32 Å². The summed E-state index contributed by atoms with van der Waals surface area (Å²) < 4.78 is 66.0. The predicted octanol–water partition coefficient (Wildman–Crippen LogP) is 3.39. The van der Waals surface area contributed by atoms with Gasteiger partial charge >= 0.3 is 12.1 Å². The molecule has 1 atom stereocenters. The Labute approximate surface area is 139 Å². The van der Waals surface area contributed by atoms with E-state index in [-0.39, 0.29) is 5.69 Å². The standard InChI is InChI=1S/C15H20F3NO4S/c1-4-10(3)23-24(21,22)9-12-8-13(7-6-11(12)5-2)19-14(20)15(16,17)18/h6-8,10H,4-5,9H2,1-3H3,(H,19,20). The van der Waals surface area contributed by atoms with Gasteiger partial charge in [-0.2, -0.15) is 21.6 Å². The minimum Gasteiger partial charge on any atom is -0.318 e. The summed E-state index contributed by atoms with van der Waals surface area (Å²) in [6, 6.07) is 4.01. The summed E-state index contributed by atoms with van der Waals surface area (Å²) in [5, 5.41) is 1.71. The molecule has 0 aliphatic rings. The summed E-state index contributed by atoms with van der Waals surface area (Å²) in [7, 11) is -3.89. The Hall–Kier alpha value is -1.61. The molecule has 1 aromatic carbocycles. The smallest absolute Gasteiger partial charge is 0.318 e. The number of hydrogen-bond acceptors (Lipinski definition) is 4. The summed E-state index contributed by atoms with van der Waals surface area (Å²) in [6.45, 7) is 5.16. The van der Waals surface area contributed by atoms with Gasteiger partial charge in [0.1, 0.15) is 5.75 Å². The molecule has 0 heterocycles. The van der Waals surface area contributed by atoms with E-state index in [1.807, 2.05) is 0 Å². The van der Waals surface area contributed by atoms with Gasteiger partial charge in [-0.1, -0.05) is 19.9 Å². The van der Waals surface area contributed by atoms with Gasteiger partial charge in [0.05, 0.1) is 6.10 Å². The molecular formula is C15H20F3NO4S. The van der Waals surface area contributed by atoms with Crippen LogP contribution in [0.4, 0.5) is 18.9 Å². The minimum atomic E-state index is -5.02. The third-order valence-electron chi connectivity index (χ3n) is 3.32. The van der Waals surface area contributed by atoms with Crippen molar-refractivity contribution in [1.29, 1.82) is 0 Å². The number of rotatable bonds is 7. The lowest BCUT2D eigenvalue weighted by atomic mass is 10.1. The molecule has 0 radical (unpaired) electrons. The summed E-state index contributed by atoms with van der Waals surface area (Å²) in [4.78, 5) is 11.0. The zero-order valence-corrected chi connectivity index (χ0v) is 14.4. The normalized spacial score (nSPS) is 13.6. The van der Waals surface area contributed by atoms with Crippen molar-refractivity contribution >= 4 is 21.7 Å². The Bertz CT molecular complexity index is 686. The minimum absolute atomic E-state index is 0.122. The van der Waals surface area contributed by atoms with Gasteiger partial charge in [-0.25, -0.2) is 0 Å². The number of anilines is 1. The topological polar surface area (TPSA) is 72.5 Å². The molecule has 0 aromatic heterocycles. The highest BCUT2D eigenvalue weighted by Crippen LogP contribution is 2.23. The van der Waals surface area contributed by atoms with E-state index in [2.05, 4.69) is 0 Å². The van der Waals surface area contributed by atoms with Crippen molar-refractivity contribution < 1.29 is 30.6 Å². The van der Waals surface area contributed by atoms with Crippen molar-refractivity contribution in [2.45, 2.75) is 51.6 Å². The van der Waals surface area contributed by atoms with Crippen LogP contribution in [0.25, 0.3) is 0 Å². The van der Waals surface area contributed by atoms with Crippen LogP contribution in [0.5, 0.6) is 0 Å². The first kappa shape index (κ1) is 20.4. The van der Waals surface area contributed by atoms with Gasteiger partial charge in [0, 0.05) is 5.69 Å². The zero-order chi connectivity index (χ0) is 18.5. The highest BCUT2D eigenvalue weighted by atomic mass is 32.2. The first-order chi connectivity index (χ1) is 11.0. The fourth-order valence-electron chi connectivity index (χ4n) is 1.93. The number of halogens is 3. The molecule has 5 nitrogen and oxygen atoms in total. The average Bonchev–Trinajstić information content (AvgIpc) is 2.45. The van der Waals surface area contributed by atoms with Crippen molar-refractivity contribution in [2.75, 3.05) is 5.32 Å². The SMILES string of the molecule is CCc1ccc(NC(=O)C(F)(F)F)cc1CS(=O)(=O)OC(C)CC. The van der Waals surface area contributed by atoms with E-state index in [0.717, 1.165) is 0 Å². The number of nitrogens with one attached hydrogen (secondary N) is 1. The van der Waals surface area contributed by atoms with Crippen LogP contribution in [-0.2, 0) is 31.3 Å². The molecule has 0 spiro atoms. The van der Waals surface area contributed by atoms with E-state index in [1.54, 1.807) is 26.1 Å². The summed E-state index contributed by atoms with van der Waals surface area (Å²) in [6.07, 6.45) is -4.52. The quantitative estimate of drug-likeness (QED) is 0.750. The van der Waals surface area contributed by atoms with Gasteiger partial charge in [-0.15, -0.1) is 0 Å².